The molecule has 0 aliphatic carbocycles. The molecule has 176 valence electrons. The molecule has 0 amide bonds. The summed E-state index contributed by atoms with van der Waals surface area (Å²) in [5.41, 5.74) is 5.91. The molecule has 1 aliphatic heterocycles. The second kappa shape index (κ2) is 9.44. The van der Waals surface area contributed by atoms with E-state index in [9.17, 15) is 0 Å². The first-order valence-electron chi connectivity index (χ1n) is 11.8. The fourth-order valence-corrected chi connectivity index (χ4v) is 4.71. The van der Waals surface area contributed by atoms with Crippen molar-refractivity contribution >= 4 is 34.2 Å². The maximum atomic E-state index is 6.17. The number of ether oxygens (including phenoxy) is 1. The van der Waals surface area contributed by atoms with Crippen LogP contribution in [0.1, 0.15) is 23.6 Å². The summed E-state index contributed by atoms with van der Waals surface area (Å²) in [5.74, 6) is 1.38. The molecule has 0 N–H and O–H groups in total. The van der Waals surface area contributed by atoms with Gasteiger partial charge in [0.2, 0.25) is 5.95 Å². The van der Waals surface area contributed by atoms with E-state index in [-0.39, 0.29) is 6.04 Å². The van der Waals surface area contributed by atoms with E-state index in [2.05, 4.69) is 24.3 Å². The third-order valence-electron chi connectivity index (χ3n) is 6.43. The van der Waals surface area contributed by atoms with Crippen LogP contribution in [0.4, 0.5) is 5.95 Å². The van der Waals surface area contributed by atoms with Crippen LogP contribution in [0.2, 0.25) is 5.02 Å². The Kier molecular flexibility index (Phi) is 5.84. The summed E-state index contributed by atoms with van der Waals surface area (Å²) >= 11 is 6.17. The molecule has 1 aromatic heterocycles. The second-order valence-electron chi connectivity index (χ2n) is 8.65. The highest BCUT2D eigenvalue weighted by Gasteiger charge is 2.32. The molecular weight excluding hydrogens is 468 g/mol. The zero-order chi connectivity index (χ0) is 24.5. The van der Waals surface area contributed by atoms with Crippen LogP contribution in [-0.4, -0.2) is 22.8 Å². The van der Waals surface area contributed by atoms with E-state index in [0.717, 1.165) is 51.2 Å². The van der Waals surface area contributed by atoms with Gasteiger partial charge in [-0.05, 0) is 41.5 Å². The van der Waals surface area contributed by atoms with Crippen molar-refractivity contribution in [2.45, 2.75) is 12.5 Å². The Bertz CT molecular complexity index is 1550. The summed E-state index contributed by atoms with van der Waals surface area (Å²) in [6, 6.07) is 34.2. The van der Waals surface area contributed by atoms with Crippen molar-refractivity contribution in [1.29, 1.82) is 0 Å². The number of methoxy groups -OCH3 is 1. The molecule has 2 heterocycles. The maximum absolute atomic E-state index is 6.17. The van der Waals surface area contributed by atoms with E-state index in [4.69, 9.17) is 31.4 Å². The smallest absolute Gasteiger partial charge is 0.247 e. The minimum Gasteiger partial charge on any atom is -0.497 e. The van der Waals surface area contributed by atoms with Crippen LogP contribution in [0, 0.1) is 0 Å². The van der Waals surface area contributed by atoms with Gasteiger partial charge in [0.1, 0.15) is 5.75 Å². The first-order chi connectivity index (χ1) is 17.7. The van der Waals surface area contributed by atoms with E-state index < -0.39 is 0 Å². The summed E-state index contributed by atoms with van der Waals surface area (Å²) in [7, 11) is 1.68. The number of fused-ring (bicyclic) bond motifs is 1. The zero-order valence-electron chi connectivity index (χ0n) is 19.7. The average molecular weight is 491 g/mol. The van der Waals surface area contributed by atoms with Crippen LogP contribution in [0.15, 0.2) is 108 Å². The van der Waals surface area contributed by atoms with Crippen molar-refractivity contribution < 1.29 is 4.74 Å². The molecule has 1 atom stereocenters. The maximum Gasteiger partial charge on any atom is 0.247 e. The number of halogens is 1. The van der Waals surface area contributed by atoms with E-state index in [0.29, 0.717) is 11.0 Å². The molecule has 0 spiro atoms. The average Bonchev–Trinajstić information content (AvgIpc) is 3.39. The van der Waals surface area contributed by atoms with Crippen LogP contribution in [0.3, 0.4) is 0 Å². The van der Waals surface area contributed by atoms with E-state index in [1.54, 1.807) is 7.11 Å². The van der Waals surface area contributed by atoms with Crippen LogP contribution >= 0.6 is 11.6 Å². The van der Waals surface area contributed by atoms with E-state index in [1.165, 1.54) is 0 Å². The van der Waals surface area contributed by atoms with Crippen LogP contribution in [0.5, 0.6) is 5.75 Å². The van der Waals surface area contributed by atoms with E-state index >= 15 is 0 Å². The number of benzene rings is 4. The highest BCUT2D eigenvalue weighted by Crippen LogP contribution is 2.38. The summed E-state index contributed by atoms with van der Waals surface area (Å²) in [6.07, 6.45) is 0.739. The molecule has 0 saturated carbocycles. The van der Waals surface area contributed by atoms with Gasteiger partial charge in [0.05, 0.1) is 30.1 Å². The Balaban J connectivity index is 1.51. The van der Waals surface area contributed by atoms with Gasteiger partial charge in [-0.1, -0.05) is 84.4 Å². The number of hydrazone groups is 1. The number of para-hydroxylation sites is 1. The van der Waals surface area contributed by atoms with Gasteiger partial charge in [0.25, 0.3) is 0 Å². The van der Waals surface area contributed by atoms with Gasteiger partial charge in [-0.25, -0.2) is 15.0 Å². The SMILES string of the molecule is COc1ccc([C@@H]2CC(c3ccccc3)=NN2c2nc(-c3ccc(Cl)cc3)c3ccccc3n2)cc1. The molecular formula is C30H23ClN4O. The largest absolute Gasteiger partial charge is 0.497 e. The predicted octanol–water partition coefficient (Wildman–Crippen LogP) is 7.31. The highest BCUT2D eigenvalue weighted by atomic mass is 35.5. The molecule has 0 bridgehead atoms. The lowest BCUT2D eigenvalue weighted by Gasteiger charge is -2.23. The first-order valence-corrected chi connectivity index (χ1v) is 12.2. The zero-order valence-corrected chi connectivity index (χ0v) is 20.4. The van der Waals surface area contributed by atoms with Crippen molar-refractivity contribution in [1.82, 2.24) is 9.97 Å². The fourth-order valence-electron chi connectivity index (χ4n) is 4.58. The Hall–Kier alpha value is -4.22. The molecule has 6 heteroatoms. The lowest BCUT2D eigenvalue weighted by Crippen LogP contribution is -2.21. The number of hydrogen-bond acceptors (Lipinski definition) is 5. The summed E-state index contributed by atoms with van der Waals surface area (Å²) in [5, 5.41) is 8.68. The number of hydrogen-bond donors (Lipinski definition) is 0. The molecule has 0 saturated heterocycles. The number of rotatable bonds is 5. The normalized spacial score (nSPS) is 15.2. The van der Waals surface area contributed by atoms with Crippen molar-refractivity contribution in [3.8, 4) is 17.0 Å². The van der Waals surface area contributed by atoms with Crippen LogP contribution in [-0.2, 0) is 0 Å². The summed E-state index contributed by atoms with van der Waals surface area (Å²) in [6.45, 7) is 0. The number of aromatic nitrogens is 2. The van der Waals surface area contributed by atoms with Gasteiger partial charge in [-0.15, -0.1) is 0 Å². The van der Waals surface area contributed by atoms with Crippen molar-refractivity contribution in [3.63, 3.8) is 0 Å². The molecule has 0 radical (unpaired) electrons. The summed E-state index contributed by atoms with van der Waals surface area (Å²) in [4.78, 5) is 10.0. The van der Waals surface area contributed by atoms with Crippen molar-refractivity contribution in [2.24, 2.45) is 5.10 Å². The second-order valence-corrected chi connectivity index (χ2v) is 9.08. The Morgan fingerprint density at radius 2 is 1.50 bits per heavy atom. The Labute approximate surface area is 214 Å². The molecule has 6 rings (SSSR count). The van der Waals surface area contributed by atoms with Crippen LogP contribution in [0.25, 0.3) is 22.2 Å². The van der Waals surface area contributed by atoms with Gasteiger partial charge in [-0.3, -0.25) is 0 Å². The minimum atomic E-state index is -0.0506. The standard InChI is InChI=1S/C30H23ClN4O/c1-36-24-17-13-21(14-18-24)28-19-27(20-7-3-2-4-8-20)34-35(28)30-32-26-10-6-5-9-25(26)29(33-30)22-11-15-23(31)16-12-22/h2-18,28H,19H2,1H3/t28-/m0/s1. The fraction of sp³-hybridized carbons (Fsp3) is 0.100. The predicted molar refractivity (Wildman–Crippen MR) is 146 cm³/mol. The molecule has 0 fully saturated rings. The van der Waals surface area contributed by atoms with Gasteiger partial charge in [-0.2, -0.15) is 5.10 Å². The van der Waals surface area contributed by atoms with Gasteiger partial charge < -0.3 is 4.74 Å². The van der Waals surface area contributed by atoms with E-state index in [1.807, 2.05) is 83.9 Å². The third-order valence-corrected chi connectivity index (χ3v) is 6.68. The quantitative estimate of drug-likeness (QED) is 0.259. The molecule has 5 nitrogen and oxygen atoms in total. The molecule has 5 aromatic rings. The monoisotopic (exact) mass is 490 g/mol. The minimum absolute atomic E-state index is 0.0506. The topological polar surface area (TPSA) is 50.6 Å². The molecule has 4 aromatic carbocycles. The van der Waals surface area contributed by atoms with Crippen LogP contribution < -0.4 is 9.75 Å². The Morgan fingerprint density at radius 1 is 0.778 bits per heavy atom. The molecule has 36 heavy (non-hydrogen) atoms. The van der Waals surface area contributed by atoms with Gasteiger partial charge in [0.15, 0.2) is 0 Å². The van der Waals surface area contributed by atoms with Crippen molar-refractivity contribution in [3.05, 3.63) is 119 Å². The molecule has 1 aliphatic rings. The Morgan fingerprint density at radius 3 is 2.25 bits per heavy atom. The first kappa shape index (κ1) is 22.3. The highest BCUT2D eigenvalue weighted by molar-refractivity contribution is 6.30. The van der Waals surface area contributed by atoms with Gasteiger partial charge in [0, 0.05) is 22.4 Å². The molecule has 0 unspecified atom stereocenters. The van der Waals surface area contributed by atoms with Crippen molar-refractivity contribution in [2.75, 3.05) is 12.1 Å². The lowest BCUT2D eigenvalue weighted by atomic mass is 9.98. The third kappa shape index (κ3) is 4.18. The lowest BCUT2D eigenvalue weighted by molar-refractivity contribution is 0.414. The van der Waals surface area contributed by atoms with Gasteiger partial charge >= 0.3 is 0 Å². The summed E-state index contributed by atoms with van der Waals surface area (Å²) < 4.78 is 5.38. The number of nitrogens with zero attached hydrogens (tertiary/aromatic N) is 4. The number of anilines is 1.